The zero-order chi connectivity index (χ0) is 24.9. The molecule has 2 N–H and O–H groups in total. The zero-order valence-corrected chi connectivity index (χ0v) is 19.4. The van der Waals surface area contributed by atoms with Crippen molar-refractivity contribution in [2.24, 2.45) is 0 Å². The Morgan fingerprint density at radius 3 is 2.60 bits per heavy atom. The van der Waals surface area contributed by atoms with Crippen LogP contribution in [-0.2, 0) is 14.3 Å². The van der Waals surface area contributed by atoms with E-state index < -0.39 is 24.0 Å². The molecular formula is C26H23N3O6. The molecule has 0 aliphatic carbocycles. The van der Waals surface area contributed by atoms with Gasteiger partial charge >= 0.3 is 5.97 Å². The summed E-state index contributed by atoms with van der Waals surface area (Å²) in [6.45, 7) is 2.81. The molecule has 0 saturated heterocycles. The summed E-state index contributed by atoms with van der Waals surface area (Å²) in [5.74, 6) is -0.291. The first kappa shape index (κ1) is 23.5. The molecule has 2 heterocycles. The number of esters is 1. The minimum absolute atomic E-state index is 0.0273. The molecule has 0 radical (unpaired) electrons. The number of fused-ring (bicyclic) bond motifs is 1. The maximum Gasteiger partial charge on any atom is 0.339 e. The van der Waals surface area contributed by atoms with E-state index in [1.165, 1.54) is 0 Å². The van der Waals surface area contributed by atoms with Crippen molar-refractivity contribution in [3.8, 4) is 5.75 Å². The number of H-pyrrole nitrogens is 1. The van der Waals surface area contributed by atoms with E-state index in [4.69, 9.17) is 13.9 Å². The van der Waals surface area contributed by atoms with Gasteiger partial charge in [-0.3, -0.25) is 14.9 Å². The number of anilines is 1. The lowest BCUT2D eigenvalue weighted by atomic mass is 10.0. The van der Waals surface area contributed by atoms with Gasteiger partial charge in [-0.2, -0.15) is 5.10 Å². The molecule has 2 aromatic carbocycles. The number of carbonyl (C=O) groups is 2. The highest BCUT2D eigenvalue weighted by Gasteiger charge is 2.20. The second-order valence-corrected chi connectivity index (χ2v) is 7.70. The topological polar surface area (TPSA) is 124 Å². The number of rotatable bonds is 7. The van der Waals surface area contributed by atoms with E-state index in [0.717, 1.165) is 5.56 Å². The Labute approximate surface area is 200 Å². The fourth-order valence-corrected chi connectivity index (χ4v) is 3.68. The number of ether oxygens (including phenoxy) is 2. The normalized spacial score (nSPS) is 11.3. The fraction of sp³-hybridized carbons (Fsp3) is 0.154. The van der Waals surface area contributed by atoms with Gasteiger partial charge in [-0.05, 0) is 43.2 Å². The Kier molecular flexibility index (Phi) is 6.77. The minimum Gasteiger partial charge on any atom is -0.497 e. The van der Waals surface area contributed by atoms with Gasteiger partial charge in [0.15, 0.2) is 6.61 Å². The van der Waals surface area contributed by atoms with Crippen LogP contribution in [0.1, 0.15) is 22.6 Å². The second kappa shape index (κ2) is 10.1. The third kappa shape index (κ3) is 5.14. The van der Waals surface area contributed by atoms with Crippen molar-refractivity contribution in [1.29, 1.82) is 0 Å². The van der Waals surface area contributed by atoms with Crippen molar-refractivity contribution in [2.75, 3.05) is 19.0 Å². The zero-order valence-electron chi connectivity index (χ0n) is 19.4. The number of hydrogen-bond donors (Lipinski definition) is 2. The first-order valence-electron chi connectivity index (χ1n) is 10.7. The smallest absolute Gasteiger partial charge is 0.339 e. The number of furan rings is 1. The highest BCUT2D eigenvalue weighted by atomic mass is 16.5. The molecule has 9 heteroatoms. The standard InChI is InChI=1S/C26H23N3O6/c1-15-22-16(2)35-25(23(22)24(31)29-28-15)27-21(30)14-34-26(32)20(18-9-5-4-6-10-18)13-17-8-7-11-19(12-17)33-3/h4-13H,14H2,1-3H3,(H,27,30)(H,29,31)/b20-13+. The molecule has 4 rings (SSSR count). The Morgan fingerprint density at radius 1 is 1.09 bits per heavy atom. The van der Waals surface area contributed by atoms with Gasteiger partial charge in [0.1, 0.15) is 16.9 Å². The molecule has 2 aromatic heterocycles. The van der Waals surface area contributed by atoms with Crippen LogP contribution in [-0.4, -0.2) is 35.8 Å². The van der Waals surface area contributed by atoms with Gasteiger partial charge in [0.2, 0.25) is 5.88 Å². The van der Waals surface area contributed by atoms with Gasteiger partial charge in [-0.1, -0.05) is 42.5 Å². The van der Waals surface area contributed by atoms with Crippen molar-refractivity contribution in [3.05, 3.63) is 87.5 Å². The summed E-state index contributed by atoms with van der Waals surface area (Å²) < 4.78 is 16.1. The highest BCUT2D eigenvalue weighted by molar-refractivity contribution is 6.22. The van der Waals surface area contributed by atoms with Crippen LogP contribution in [0.3, 0.4) is 0 Å². The molecule has 4 aromatic rings. The molecule has 0 spiro atoms. The summed E-state index contributed by atoms with van der Waals surface area (Å²) in [5, 5.41) is 9.49. The highest BCUT2D eigenvalue weighted by Crippen LogP contribution is 2.28. The molecule has 0 atom stereocenters. The first-order valence-corrected chi connectivity index (χ1v) is 10.7. The van der Waals surface area contributed by atoms with E-state index in [1.807, 2.05) is 12.1 Å². The predicted octanol–water partition coefficient (Wildman–Crippen LogP) is 3.86. The fourth-order valence-electron chi connectivity index (χ4n) is 3.68. The first-order chi connectivity index (χ1) is 16.9. The van der Waals surface area contributed by atoms with Crippen molar-refractivity contribution >= 4 is 40.2 Å². The number of nitrogens with one attached hydrogen (secondary N) is 2. The van der Waals surface area contributed by atoms with Crippen LogP contribution in [0.5, 0.6) is 5.75 Å². The lowest BCUT2D eigenvalue weighted by Gasteiger charge is -2.10. The van der Waals surface area contributed by atoms with E-state index in [2.05, 4.69) is 15.5 Å². The van der Waals surface area contributed by atoms with Crippen LogP contribution in [0.2, 0.25) is 0 Å². The van der Waals surface area contributed by atoms with Crippen LogP contribution < -0.4 is 15.6 Å². The summed E-state index contributed by atoms with van der Waals surface area (Å²) in [7, 11) is 1.56. The van der Waals surface area contributed by atoms with Gasteiger partial charge in [0.25, 0.3) is 11.5 Å². The Hall–Kier alpha value is -4.66. The predicted molar refractivity (Wildman–Crippen MR) is 131 cm³/mol. The third-order valence-electron chi connectivity index (χ3n) is 5.30. The van der Waals surface area contributed by atoms with Gasteiger partial charge in [0.05, 0.1) is 23.8 Å². The summed E-state index contributed by atoms with van der Waals surface area (Å²) in [6, 6.07) is 16.2. The number of aromatic amines is 1. The molecule has 0 saturated carbocycles. The van der Waals surface area contributed by atoms with Crippen LogP contribution >= 0.6 is 0 Å². The number of amides is 1. The maximum atomic E-state index is 13.0. The van der Waals surface area contributed by atoms with Crippen LogP contribution in [0.15, 0.2) is 63.8 Å². The quantitative estimate of drug-likeness (QED) is 0.237. The Morgan fingerprint density at radius 2 is 1.86 bits per heavy atom. The van der Waals surface area contributed by atoms with Gasteiger partial charge in [0, 0.05) is 0 Å². The number of hydrogen-bond acceptors (Lipinski definition) is 7. The third-order valence-corrected chi connectivity index (χ3v) is 5.30. The Bertz CT molecular complexity index is 1480. The summed E-state index contributed by atoms with van der Waals surface area (Å²) >= 11 is 0. The molecule has 0 aliphatic heterocycles. The number of carbonyl (C=O) groups excluding carboxylic acids is 2. The van der Waals surface area contributed by atoms with E-state index in [1.54, 1.807) is 69.5 Å². The summed E-state index contributed by atoms with van der Waals surface area (Å²) in [6.07, 6.45) is 1.66. The lowest BCUT2D eigenvalue weighted by Crippen LogP contribution is -2.22. The van der Waals surface area contributed by atoms with Gasteiger partial charge in [-0.25, -0.2) is 9.89 Å². The second-order valence-electron chi connectivity index (χ2n) is 7.70. The van der Waals surface area contributed by atoms with Gasteiger partial charge < -0.3 is 13.9 Å². The number of aromatic nitrogens is 2. The molecule has 1 amide bonds. The molecule has 9 nitrogen and oxygen atoms in total. The minimum atomic E-state index is -0.687. The van der Waals surface area contributed by atoms with E-state index in [0.29, 0.717) is 28.2 Å². The van der Waals surface area contributed by atoms with Crippen molar-refractivity contribution < 1.29 is 23.5 Å². The average molecular weight is 473 g/mol. The van der Waals surface area contributed by atoms with Crippen molar-refractivity contribution in [1.82, 2.24) is 10.2 Å². The number of methoxy groups -OCH3 is 1. The Balaban J connectivity index is 1.54. The molecule has 35 heavy (non-hydrogen) atoms. The SMILES string of the molecule is COc1cccc(/C=C(/C(=O)OCC(=O)Nc2oc(C)c3c(C)n[nH]c(=O)c23)c2ccccc2)c1. The average Bonchev–Trinajstić information content (AvgIpc) is 3.20. The maximum absolute atomic E-state index is 13.0. The molecule has 0 unspecified atom stereocenters. The van der Waals surface area contributed by atoms with E-state index >= 15 is 0 Å². The molecule has 0 aliphatic rings. The van der Waals surface area contributed by atoms with E-state index in [-0.39, 0.29) is 16.8 Å². The van der Waals surface area contributed by atoms with Gasteiger partial charge in [-0.15, -0.1) is 0 Å². The van der Waals surface area contributed by atoms with E-state index in [9.17, 15) is 14.4 Å². The molecule has 178 valence electrons. The van der Waals surface area contributed by atoms with Crippen molar-refractivity contribution in [2.45, 2.75) is 13.8 Å². The largest absolute Gasteiger partial charge is 0.497 e. The summed E-state index contributed by atoms with van der Waals surface area (Å²) in [5.41, 5.74) is 1.68. The summed E-state index contributed by atoms with van der Waals surface area (Å²) in [4.78, 5) is 37.8. The molecular weight excluding hydrogens is 450 g/mol. The van der Waals surface area contributed by atoms with Crippen LogP contribution in [0.4, 0.5) is 5.88 Å². The molecule has 0 fully saturated rings. The molecule has 0 bridgehead atoms. The van der Waals surface area contributed by atoms with Crippen molar-refractivity contribution in [3.63, 3.8) is 0 Å². The number of benzene rings is 2. The van der Waals surface area contributed by atoms with Crippen LogP contribution in [0, 0.1) is 13.8 Å². The monoisotopic (exact) mass is 473 g/mol. The number of aryl methyl sites for hydroxylation is 2. The number of nitrogens with zero attached hydrogens (tertiary/aromatic N) is 1. The lowest BCUT2D eigenvalue weighted by molar-refractivity contribution is -0.141. The van der Waals surface area contributed by atoms with Crippen LogP contribution in [0.25, 0.3) is 22.4 Å².